The number of rotatable bonds is 8. The van der Waals surface area contributed by atoms with Crippen LogP contribution in [0.3, 0.4) is 0 Å². The molecule has 0 aromatic rings. The van der Waals surface area contributed by atoms with Crippen LogP contribution in [-0.4, -0.2) is 104 Å². The number of nitrogens with one attached hydrogen (secondary N) is 1. The van der Waals surface area contributed by atoms with E-state index in [2.05, 4.69) is 5.32 Å². The van der Waals surface area contributed by atoms with Crippen LogP contribution in [0, 0.1) is 47.3 Å². The Morgan fingerprint density at radius 1 is 1.00 bits per heavy atom. The maximum absolute atomic E-state index is 14.2. The lowest BCUT2D eigenvalue weighted by molar-refractivity contribution is -0.375. The zero-order chi connectivity index (χ0) is 34.7. The first kappa shape index (κ1) is 35.4. The van der Waals surface area contributed by atoms with Crippen molar-refractivity contribution in [3.05, 3.63) is 35.6 Å². The molecule has 9 N–H and O–H groups in total. The molecule has 0 radical (unpaired) electrons. The van der Waals surface area contributed by atoms with Gasteiger partial charge in [-0.3, -0.25) is 9.59 Å². The standard InChI is InChI=1S/C37H54N2O10/c38-28-16-20(8-10-39-28)13-23-7-9-36(18-41)35(46)37(23,47)33(45)34(49-36)48-27-6-2-5-24-30(27)32(44)29-25(31(24)43)14-22(15-26(29)42)12-19-3-1-4-21(11-19)17-40/h7,9,14-15,19-21,23-25,27-30,33-35,39-42,45-47H,1-6,8,10-13,16-18,38H2/t19?,20?,21?,23-,24?,25+,27?,28?,29-,30?,33-,34-,35+,36+,37-/m0/s1. The lowest BCUT2D eigenvalue weighted by atomic mass is 9.59. The van der Waals surface area contributed by atoms with Crippen LogP contribution in [0.25, 0.3) is 0 Å². The highest BCUT2D eigenvalue weighted by Gasteiger charge is 2.66. The number of aliphatic hydroxyl groups is 6. The summed E-state index contributed by atoms with van der Waals surface area (Å²) in [4.78, 5) is 28.3. The second-order valence-electron chi connectivity index (χ2n) is 16.1. The molecular formula is C37H54N2O10. The number of ether oxygens (including phenoxy) is 2. The molecule has 0 aromatic carbocycles. The molecule has 3 saturated carbocycles. The molecule has 7 rings (SSSR count). The summed E-state index contributed by atoms with van der Waals surface area (Å²) in [6.45, 7) is 0.194. The first-order valence-corrected chi connectivity index (χ1v) is 18.5. The Morgan fingerprint density at radius 3 is 2.53 bits per heavy atom. The van der Waals surface area contributed by atoms with Crippen molar-refractivity contribution >= 4 is 11.6 Å². The summed E-state index contributed by atoms with van der Waals surface area (Å²) in [5.74, 6) is -3.77. The number of carbonyl (C=O) groups is 2. The van der Waals surface area contributed by atoms with Gasteiger partial charge < -0.3 is 51.2 Å². The Hall–Kier alpha value is -2.00. The number of hydrogen-bond donors (Lipinski definition) is 8. The minimum absolute atomic E-state index is 0.108. The Labute approximate surface area is 287 Å². The number of nitrogens with two attached hydrogens (primary N) is 1. The molecule has 5 fully saturated rings. The normalized spacial score (nSPS) is 48.3. The third-order valence-electron chi connectivity index (χ3n) is 13.1. The molecule has 12 nitrogen and oxygen atoms in total. The van der Waals surface area contributed by atoms with E-state index in [0.717, 1.165) is 37.7 Å². The van der Waals surface area contributed by atoms with Gasteiger partial charge in [0, 0.05) is 18.4 Å². The predicted octanol–water partition coefficient (Wildman–Crippen LogP) is 1.14. The molecular weight excluding hydrogens is 632 g/mol. The Bertz CT molecular complexity index is 1370. The fraction of sp³-hybridized carbons (Fsp3) is 0.784. The van der Waals surface area contributed by atoms with Crippen LogP contribution in [0.1, 0.15) is 70.6 Å². The highest BCUT2D eigenvalue weighted by molar-refractivity contribution is 6.02. The highest BCUT2D eigenvalue weighted by atomic mass is 16.7. The van der Waals surface area contributed by atoms with Crippen LogP contribution in [0.4, 0.5) is 0 Å². The summed E-state index contributed by atoms with van der Waals surface area (Å²) in [6, 6.07) is 0. The van der Waals surface area contributed by atoms with Gasteiger partial charge in [0.15, 0.2) is 12.1 Å². The van der Waals surface area contributed by atoms with E-state index in [-0.39, 0.29) is 41.9 Å². The summed E-state index contributed by atoms with van der Waals surface area (Å²) in [6.07, 6.45) is 8.83. The maximum atomic E-state index is 14.2. The van der Waals surface area contributed by atoms with Gasteiger partial charge in [-0.2, -0.15) is 0 Å². The van der Waals surface area contributed by atoms with Crippen molar-refractivity contribution < 1.29 is 49.7 Å². The van der Waals surface area contributed by atoms with E-state index in [0.29, 0.717) is 51.0 Å². The van der Waals surface area contributed by atoms with Crippen molar-refractivity contribution in [3.8, 4) is 0 Å². The lowest BCUT2D eigenvalue weighted by Gasteiger charge is -2.58. The van der Waals surface area contributed by atoms with Gasteiger partial charge in [-0.15, -0.1) is 0 Å². The second-order valence-corrected chi connectivity index (χ2v) is 16.1. The maximum Gasteiger partial charge on any atom is 0.188 e. The SMILES string of the molecule is NC1CC(C[C@@H]2C=C[C@]3(CO)O[C@H](OC4CCCC5C(=O)[C@@H]6C=C(CC7CCCC(CO)C7)C=C(O)[C@H]6C(=O)C45)[C@H](O)[C@]2(O)[C@@H]3O)CCN1. The van der Waals surface area contributed by atoms with Crippen molar-refractivity contribution in [2.45, 2.75) is 113 Å². The number of piperidine rings is 1. The van der Waals surface area contributed by atoms with E-state index >= 15 is 0 Å². The molecule has 0 amide bonds. The lowest BCUT2D eigenvalue weighted by Crippen LogP contribution is -2.76. The second kappa shape index (κ2) is 13.9. The number of ketones is 2. The molecule has 272 valence electrons. The molecule has 2 saturated heterocycles. The monoisotopic (exact) mass is 686 g/mol. The quantitative estimate of drug-likeness (QED) is 0.169. The van der Waals surface area contributed by atoms with E-state index in [1.165, 1.54) is 6.08 Å². The van der Waals surface area contributed by atoms with Gasteiger partial charge in [-0.05, 0) is 87.3 Å². The van der Waals surface area contributed by atoms with Crippen molar-refractivity contribution in [2.75, 3.05) is 19.8 Å². The molecule has 15 atom stereocenters. The van der Waals surface area contributed by atoms with Crippen molar-refractivity contribution in [3.63, 3.8) is 0 Å². The minimum Gasteiger partial charge on any atom is -0.512 e. The molecule has 2 aliphatic heterocycles. The van der Waals surface area contributed by atoms with Gasteiger partial charge in [-0.1, -0.05) is 37.5 Å². The first-order chi connectivity index (χ1) is 23.5. The zero-order valence-corrected chi connectivity index (χ0v) is 28.1. The first-order valence-electron chi connectivity index (χ1n) is 18.5. The fourth-order valence-corrected chi connectivity index (χ4v) is 10.5. The number of carbonyl (C=O) groups excluding carboxylic acids is 2. The van der Waals surface area contributed by atoms with Crippen molar-refractivity contribution in [1.82, 2.24) is 5.32 Å². The number of allylic oxidation sites excluding steroid dienone is 4. The van der Waals surface area contributed by atoms with Gasteiger partial charge >= 0.3 is 0 Å². The van der Waals surface area contributed by atoms with Crippen LogP contribution in [0.5, 0.6) is 0 Å². The van der Waals surface area contributed by atoms with Crippen molar-refractivity contribution in [2.24, 2.45) is 53.1 Å². The van der Waals surface area contributed by atoms with E-state index in [1.54, 1.807) is 12.2 Å². The van der Waals surface area contributed by atoms with Crippen LogP contribution in [0.15, 0.2) is 35.6 Å². The van der Waals surface area contributed by atoms with Crippen LogP contribution >= 0.6 is 0 Å². The number of aliphatic hydroxyl groups excluding tert-OH is 5. The van der Waals surface area contributed by atoms with Gasteiger partial charge in [-0.25, -0.2) is 0 Å². The average molecular weight is 687 g/mol. The third kappa shape index (κ3) is 6.18. The highest BCUT2D eigenvalue weighted by Crippen LogP contribution is 2.51. The van der Waals surface area contributed by atoms with Crippen LogP contribution in [-0.2, 0) is 19.1 Å². The molecule has 2 bridgehead atoms. The van der Waals surface area contributed by atoms with Crippen LogP contribution in [0.2, 0.25) is 0 Å². The Kier molecular flexibility index (Phi) is 10.0. The minimum atomic E-state index is -2.12. The predicted molar refractivity (Wildman–Crippen MR) is 176 cm³/mol. The molecule has 7 aliphatic rings. The number of fused-ring (bicyclic) bond motifs is 4. The molecule has 12 heteroatoms. The summed E-state index contributed by atoms with van der Waals surface area (Å²) in [5.41, 5.74) is 3.11. The fourth-order valence-electron chi connectivity index (χ4n) is 10.5. The van der Waals surface area contributed by atoms with Crippen molar-refractivity contribution in [1.29, 1.82) is 0 Å². The molecule has 2 heterocycles. The summed E-state index contributed by atoms with van der Waals surface area (Å²) < 4.78 is 12.5. The van der Waals surface area contributed by atoms with Gasteiger partial charge in [0.05, 0.1) is 36.6 Å². The number of Topliss-reactive ketones (excluding diaryl/α,β-unsaturated/α-hetero) is 2. The molecule has 5 aliphatic carbocycles. The summed E-state index contributed by atoms with van der Waals surface area (Å²) >= 11 is 0. The van der Waals surface area contributed by atoms with E-state index in [4.69, 9.17) is 15.2 Å². The molecule has 0 spiro atoms. The molecule has 0 aromatic heterocycles. The van der Waals surface area contributed by atoms with E-state index in [1.807, 2.05) is 6.08 Å². The van der Waals surface area contributed by atoms with Gasteiger partial charge in [0.2, 0.25) is 0 Å². The summed E-state index contributed by atoms with van der Waals surface area (Å²) in [7, 11) is 0. The summed E-state index contributed by atoms with van der Waals surface area (Å²) in [5, 5.41) is 69.8. The molecule has 49 heavy (non-hydrogen) atoms. The van der Waals surface area contributed by atoms with Gasteiger partial charge in [0.25, 0.3) is 0 Å². The molecule has 7 unspecified atom stereocenters. The van der Waals surface area contributed by atoms with Crippen LogP contribution < -0.4 is 11.1 Å². The topological polar surface area (TPSA) is 212 Å². The van der Waals surface area contributed by atoms with E-state index < -0.39 is 72.0 Å². The Balaban J connectivity index is 1.10. The Morgan fingerprint density at radius 2 is 1.78 bits per heavy atom. The zero-order valence-electron chi connectivity index (χ0n) is 28.1. The van der Waals surface area contributed by atoms with Gasteiger partial charge in [0.1, 0.15) is 35.0 Å². The third-order valence-corrected chi connectivity index (χ3v) is 13.1. The number of hydrogen-bond acceptors (Lipinski definition) is 12. The van der Waals surface area contributed by atoms with E-state index in [9.17, 15) is 40.2 Å². The average Bonchev–Trinajstić information content (AvgIpc) is 3.09. The smallest absolute Gasteiger partial charge is 0.188 e. The largest absolute Gasteiger partial charge is 0.512 e.